The lowest BCUT2D eigenvalue weighted by Crippen LogP contribution is -2.23. The second-order valence-corrected chi connectivity index (χ2v) is 6.08. The SMILES string of the molecule is CCNS(=O)(=O)c1ccc(NCc2cc(C)no2)cc1. The standard InChI is InChI=1S/C13H17N3O3S/c1-3-15-20(17,18)13-6-4-11(5-7-13)14-9-12-8-10(2)16-19-12/h4-8,14-15H,3,9H2,1-2H3. The number of hydrogen-bond donors (Lipinski definition) is 2. The summed E-state index contributed by atoms with van der Waals surface area (Å²) in [5.41, 5.74) is 1.64. The number of benzene rings is 1. The maximum atomic E-state index is 11.8. The molecule has 0 aliphatic carbocycles. The van der Waals surface area contributed by atoms with Crippen LogP contribution in [-0.4, -0.2) is 20.1 Å². The third-order valence-corrected chi connectivity index (χ3v) is 4.20. The Labute approximate surface area is 118 Å². The van der Waals surface area contributed by atoms with E-state index in [1.165, 1.54) is 0 Å². The molecule has 108 valence electrons. The highest BCUT2D eigenvalue weighted by atomic mass is 32.2. The predicted octanol–water partition coefficient (Wildman–Crippen LogP) is 1.89. The Morgan fingerprint density at radius 1 is 1.25 bits per heavy atom. The van der Waals surface area contributed by atoms with Crippen LogP contribution in [0.4, 0.5) is 5.69 Å². The molecule has 1 aromatic heterocycles. The van der Waals surface area contributed by atoms with Crippen molar-refractivity contribution in [2.75, 3.05) is 11.9 Å². The van der Waals surface area contributed by atoms with Gasteiger partial charge in [0, 0.05) is 18.3 Å². The van der Waals surface area contributed by atoms with Gasteiger partial charge in [-0.3, -0.25) is 0 Å². The average Bonchev–Trinajstić information content (AvgIpc) is 2.83. The molecule has 0 atom stereocenters. The zero-order valence-corrected chi connectivity index (χ0v) is 12.2. The molecule has 1 heterocycles. The van der Waals surface area contributed by atoms with Crippen LogP contribution in [0.3, 0.4) is 0 Å². The molecule has 0 saturated heterocycles. The van der Waals surface area contributed by atoms with Gasteiger partial charge in [-0.2, -0.15) is 0 Å². The number of anilines is 1. The van der Waals surface area contributed by atoms with E-state index in [2.05, 4.69) is 15.2 Å². The van der Waals surface area contributed by atoms with Gasteiger partial charge in [0.2, 0.25) is 10.0 Å². The maximum Gasteiger partial charge on any atom is 0.240 e. The van der Waals surface area contributed by atoms with Crippen molar-refractivity contribution in [1.82, 2.24) is 9.88 Å². The highest BCUT2D eigenvalue weighted by molar-refractivity contribution is 7.89. The summed E-state index contributed by atoms with van der Waals surface area (Å²) in [4.78, 5) is 0.250. The van der Waals surface area contributed by atoms with Crippen LogP contribution in [-0.2, 0) is 16.6 Å². The first-order chi connectivity index (χ1) is 9.51. The molecule has 2 N–H and O–H groups in total. The van der Waals surface area contributed by atoms with Gasteiger partial charge in [0.15, 0.2) is 5.76 Å². The Balaban J connectivity index is 2.01. The lowest BCUT2D eigenvalue weighted by Gasteiger charge is -2.07. The predicted molar refractivity (Wildman–Crippen MR) is 75.9 cm³/mol. The molecule has 0 fully saturated rings. The molecular weight excluding hydrogens is 278 g/mol. The molecule has 0 unspecified atom stereocenters. The molecule has 0 radical (unpaired) electrons. The zero-order valence-electron chi connectivity index (χ0n) is 11.4. The molecule has 20 heavy (non-hydrogen) atoms. The molecule has 0 aliphatic rings. The van der Waals surface area contributed by atoms with Crippen LogP contribution in [0.5, 0.6) is 0 Å². The van der Waals surface area contributed by atoms with Gasteiger partial charge >= 0.3 is 0 Å². The second kappa shape index (κ2) is 6.06. The summed E-state index contributed by atoms with van der Waals surface area (Å²) in [5.74, 6) is 0.729. The van der Waals surface area contributed by atoms with Crippen molar-refractivity contribution in [3.63, 3.8) is 0 Å². The summed E-state index contributed by atoms with van der Waals surface area (Å²) >= 11 is 0. The van der Waals surface area contributed by atoms with Crippen molar-refractivity contribution in [2.24, 2.45) is 0 Å². The molecule has 0 amide bonds. The van der Waals surface area contributed by atoms with Gasteiger partial charge in [-0.15, -0.1) is 0 Å². The minimum atomic E-state index is -3.40. The molecule has 0 bridgehead atoms. The Morgan fingerprint density at radius 3 is 2.50 bits per heavy atom. The third kappa shape index (κ3) is 3.58. The molecule has 2 aromatic rings. The molecule has 7 heteroatoms. The minimum Gasteiger partial charge on any atom is -0.378 e. The van der Waals surface area contributed by atoms with E-state index < -0.39 is 10.0 Å². The fraction of sp³-hybridized carbons (Fsp3) is 0.308. The van der Waals surface area contributed by atoms with E-state index in [9.17, 15) is 8.42 Å². The zero-order chi connectivity index (χ0) is 14.6. The monoisotopic (exact) mass is 295 g/mol. The van der Waals surface area contributed by atoms with E-state index in [1.807, 2.05) is 13.0 Å². The summed E-state index contributed by atoms with van der Waals surface area (Å²) in [6, 6.07) is 8.40. The first-order valence-corrected chi connectivity index (χ1v) is 7.75. The van der Waals surface area contributed by atoms with Crippen molar-refractivity contribution in [3.8, 4) is 0 Å². The normalized spacial score (nSPS) is 11.5. The van der Waals surface area contributed by atoms with E-state index in [0.29, 0.717) is 13.1 Å². The van der Waals surface area contributed by atoms with Crippen LogP contribution >= 0.6 is 0 Å². The minimum absolute atomic E-state index is 0.250. The van der Waals surface area contributed by atoms with Crippen LogP contribution in [0.2, 0.25) is 0 Å². The maximum absolute atomic E-state index is 11.8. The lowest BCUT2D eigenvalue weighted by atomic mass is 10.3. The highest BCUT2D eigenvalue weighted by Gasteiger charge is 2.11. The smallest absolute Gasteiger partial charge is 0.240 e. The van der Waals surface area contributed by atoms with E-state index in [0.717, 1.165) is 17.1 Å². The van der Waals surface area contributed by atoms with E-state index in [4.69, 9.17) is 4.52 Å². The highest BCUT2D eigenvalue weighted by Crippen LogP contribution is 2.15. The number of rotatable bonds is 6. The van der Waals surface area contributed by atoms with Crippen molar-refractivity contribution in [1.29, 1.82) is 0 Å². The Morgan fingerprint density at radius 2 is 1.95 bits per heavy atom. The summed E-state index contributed by atoms with van der Waals surface area (Å²) in [5, 5.41) is 6.93. The Kier molecular flexibility index (Phi) is 4.41. The first kappa shape index (κ1) is 14.5. The van der Waals surface area contributed by atoms with Gasteiger partial charge in [0.25, 0.3) is 0 Å². The summed E-state index contributed by atoms with van der Waals surface area (Å²) < 4.78 is 31.1. The molecule has 1 aromatic carbocycles. The van der Waals surface area contributed by atoms with Crippen molar-refractivity contribution in [2.45, 2.75) is 25.3 Å². The number of aromatic nitrogens is 1. The second-order valence-electron chi connectivity index (χ2n) is 4.31. The molecule has 0 spiro atoms. The van der Waals surface area contributed by atoms with Crippen LogP contribution in [0.25, 0.3) is 0 Å². The summed E-state index contributed by atoms with van der Waals surface area (Å²) in [6.07, 6.45) is 0. The van der Waals surface area contributed by atoms with Gasteiger partial charge in [-0.05, 0) is 31.2 Å². The van der Waals surface area contributed by atoms with Gasteiger partial charge in [0.05, 0.1) is 17.1 Å². The molecule has 0 aliphatic heterocycles. The van der Waals surface area contributed by atoms with E-state index >= 15 is 0 Å². The average molecular weight is 295 g/mol. The number of nitrogens with zero attached hydrogens (tertiary/aromatic N) is 1. The van der Waals surface area contributed by atoms with E-state index in [1.54, 1.807) is 31.2 Å². The quantitative estimate of drug-likeness (QED) is 0.850. The van der Waals surface area contributed by atoms with Gasteiger partial charge in [0.1, 0.15) is 0 Å². The number of hydrogen-bond acceptors (Lipinski definition) is 5. The van der Waals surface area contributed by atoms with Gasteiger partial charge in [-0.25, -0.2) is 13.1 Å². The third-order valence-electron chi connectivity index (χ3n) is 2.64. The summed E-state index contributed by atoms with van der Waals surface area (Å²) in [7, 11) is -3.40. The van der Waals surface area contributed by atoms with Crippen molar-refractivity contribution < 1.29 is 12.9 Å². The molecule has 6 nitrogen and oxygen atoms in total. The molecule has 0 saturated carbocycles. The molecule has 2 rings (SSSR count). The Hall–Kier alpha value is -1.86. The fourth-order valence-corrected chi connectivity index (χ4v) is 2.76. The van der Waals surface area contributed by atoms with Crippen LogP contribution in [0, 0.1) is 6.92 Å². The van der Waals surface area contributed by atoms with Crippen LogP contribution < -0.4 is 10.0 Å². The topological polar surface area (TPSA) is 84.2 Å². The largest absolute Gasteiger partial charge is 0.378 e. The van der Waals surface area contributed by atoms with Crippen LogP contribution in [0.1, 0.15) is 18.4 Å². The van der Waals surface area contributed by atoms with Crippen LogP contribution in [0.15, 0.2) is 39.8 Å². The number of sulfonamides is 1. The van der Waals surface area contributed by atoms with Gasteiger partial charge < -0.3 is 9.84 Å². The first-order valence-electron chi connectivity index (χ1n) is 6.27. The summed E-state index contributed by atoms with van der Waals surface area (Å²) in [6.45, 7) is 4.47. The van der Waals surface area contributed by atoms with E-state index in [-0.39, 0.29) is 4.90 Å². The fourth-order valence-electron chi connectivity index (χ4n) is 1.71. The van der Waals surface area contributed by atoms with Gasteiger partial charge in [-0.1, -0.05) is 12.1 Å². The number of nitrogens with one attached hydrogen (secondary N) is 2. The van der Waals surface area contributed by atoms with Crippen molar-refractivity contribution in [3.05, 3.63) is 41.8 Å². The number of aryl methyl sites for hydroxylation is 1. The molecular formula is C13H17N3O3S. The Bertz CT molecular complexity index is 662. The van der Waals surface area contributed by atoms with Crippen molar-refractivity contribution >= 4 is 15.7 Å². The lowest BCUT2D eigenvalue weighted by molar-refractivity contribution is 0.384.